The summed E-state index contributed by atoms with van der Waals surface area (Å²) in [6.45, 7) is 0. The van der Waals surface area contributed by atoms with Crippen LogP contribution in [0.25, 0.3) is 0 Å². The normalized spacial score (nSPS) is 11.6. The lowest BCUT2D eigenvalue weighted by molar-refractivity contribution is -0.153. The van der Waals surface area contributed by atoms with Gasteiger partial charge in [0.1, 0.15) is 0 Å². The van der Waals surface area contributed by atoms with E-state index in [1.165, 1.54) is 0 Å². The fourth-order valence-corrected chi connectivity index (χ4v) is 0.648. The number of rotatable bonds is 8. The Morgan fingerprint density at radius 1 is 0.577 bits per heavy atom. The third-order valence-corrected chi connectivity index (χ3v) is 1.67. The fraction of sp³-hybridized carbons (Fsp3) is 0.333. The summed E-state index contributed by atoms with van der Waals surface area (Å²) < 4.78 is 0. The molecule has 14 nitrogen and oxygen atoms in total. The number of aliphatic carboxylic acids is 6. The highest BCUT2D eigenvalue weighted by molar-refractivity contribution is 5.89. The lowest BCUT2D eigenvalue weighted by Crippen LogP contribution is -2.22. The number of aliphatic hydroxyl groups excluding tert-OH is 2. The summed E-state index contributed by atoms with van der Waals surface area (Å²) in [6, 6.07) is 0. The molecule has 0 rings (SSSR count). The molecule has 0 aromatic heterocycles. The number of carbonyl (C=O) groups is 6. The van der Waals surface area contributed by atoms with Gasteiger partial charge in [-0.3, -0.25) is 9.59 Å². The standard InChI is InChI=1S/2C4H6O5.C4H4O4/c2*5-2(4(8)9)1-3(6)7;5-3(6)1-2-4(7)8/h2*2,5H,1H2,(H,6,7)(H,8,9);1-2H,(H,5,6)(H,7,8)/b;;2-1+. The van der Waals surface area contributed by atoms with Crippen molar-refractivity contribution in [3.8, 4) is 0 Å². The maximum atomic E-state index is 9.72. The number of carboxylic acid groups (broad SMARTS) is 6. The molecule has 0 aliphatic heterocycles. The summed E-state index contributed by atoms with van der Waals surface area (Å²) in [5.74, 6) is -8.20. The van der Waals surface area contributed by atoms with Crippen molar-refractivity contribution in [1.29, 1.82) is 0 Å². The van der Waals surface area contributed by atoms with Gasteiger partial charge >= 0.3 is 35.8 Å². The van der Waals surface area contributed by atoms with Gasteiger partial charge in [0.2, 0.25) is 0 Å². The van der Waals surface area contributed by atoms with Gasteiger partial charge < -0.3 is 40.9 Å². The molecule has 0 aromatic rings. The molecule has 14 heteroatoms. The lowest BCUT2D eigenvalue weighted by atomic mass is 10.3. The van der Waals surface area contributed by atoms with E-state index >= 15 is 0 Å². The molecule has 0 aliphatic rings. The Morgan fingerprint density at radius 2 is 0.808 bits per heavy atom. The average molecular weight is 384 g/mol. The summed E-state index contributed by atoms with van der Waals surface area (Å²) in [6.07, 6.45) is -3.97. The molecule has 2 unspecified atom stereocenters. The van der Waals surface area contributed by atoms with Gasteiger partial charge in [0.25, 0.3) is 0 Å². The second-order valence-corrected chi connectivity index (χ2v) is 3.91. The molecule has 148 valence electrons. The molecule has 8 N–H and O–H groups in total. The minimum absolute atomic E-state index is 0.558. The average Bonchev–Trinajstić information content (AvgIpc) is 2.44. The Labute approximate surface area is 143 Å². The summed E-state index contributed by atoms with van der Waals surface area (Å²) in [4.78, 5) is 57.9. The summed E-state index contributed by atoms with van der Waals surface area (Å²) in [7, 11) is 0. The number of hydrogen-bond acceptors (Lipinski definition) is 8. The number of aliphatic hydroxyl groups is 2. The van der Waals surface area contributed by atoms with Gasteiger partial charge in [0.05, 0.1) is 12.8 Å². The van der Waals surface area contributed by atoms with Gasteiger partial charge in [-0.25, -0.2) is 19.2 Å². The Kier molecular flexibility index (Phi) is 15.8. The molecule has 0 amide bonds. The van der Waals surface area contributed by atoms with Crippen LogP contribution in [0.15, 0.2) is 12.2 Å². The van der Waals surface area contributed by atoms with Crippen LogP contribution in [0.3, 0.4) is 0 Å². The Balaban J connectivity index is -0.000000306. The molecular formula is C12H16O14. The highest BCUT2D eigenvalue weighted by atomic mass is 16.4. The molecule has 2 atom stereocenters. The minimum atomic E-state index is -1.79. The second-order valence-electron chi connectivity index (χ2n) is 3.91. The smallest absolute Gasteiger partial charge is 0.333 e. The highest BCUT2D eigenvalue weighted by Gasteiger charge is 2.16. The van der Waals surface area contributed by atoms with Crippen LogP contribution in [0, 0.1) is 0 Å². The topological polar surface area (TPSA) is 264 Å². The van der Waals surface area contributed by atoms with E-state index in [-0.39, 0.29) is 0 Å². The monoisotopic (exact) mass is 384 g/mol. The summed E-state index contributed by atoms with van der Waals surface area (Å²) >= 11 is 0. The Morgan fingerprint density at radius 3 is 0.885 bits per heavy atom. The first-order valence-electron chi connectivity index (χ1n) is 6.09. The fourth-order valence-electron chi connectivity index (χ4n) is 0.648. The predicted molar refractivity (Wildman–Crippen MR) is 76.2 cm³/mol. The maximum absolute atomic E-state index is 9.72. The van der Waals surface area contributed by atoms with Crippen LogP contribution >= 0.6 is 0 Å². The minimum Gasteiger partial charge on any atom is -0.481 e. The number of hydrogen-bond donors (Lipinski definition) is 8. The van der Waals surface area contributed by atoms with Gasteiger partial charge in [0.15, 0.2) is 12.2 Å². The zero-order valence-electron chi connectivity index (χ0n) is 12.8. The van der Waals surface area contributed by atoms with Crippen molar-refractivity contribution in [2.75, 3.05) is 0 Å². The van der Waals surface area contributed by atoms with Crippen LogP contribution in [-0.4, -0.2) is 88.9 Å². The van der Waals surface area contributed by atoms with E-state index in [0.29, 0.717) is 12.2 Å². The van der Waals surface area contributed by atoms with Gasteiger partial charge in [0, 0.05) is 12.2 Å². The predicted octanol–water partition coefficient (Wildman–Crippen LogP) is -2.47. The van der Waals surface area contributed by atoms with Crippen LogP contribution in [0.1, 0.15) is 12.8 Å². The third-order valence-electron chi connectivity index (χ3n) is 1.67. The van der Waals surface area contributed by atoms with Crippen molar-refractivity contribution in [2.24, 2.45) is 0 Å². The zero-order valence-corrected chi connectivity index (χ0v) is 12.8. The molecule has 0 heterocycles. The molecule has 0 fully saturated rings. The molecule has 0 bridgehead atoms. The first kappa shape index (κ1) is 27.3. The Bertz CT molecular complexity index is 500. The van der Waals surface area contributed by atoms with Crippen LogP contribution in [0.2, 0.25) is 0 Å². The summed E-state index contributed by atoms with van der Waals surface area (Å²) in [5.41, 5.74) is 0. The van der Waals surface area contributed by atoms with Crippen molar-refractivity contribution in [3.63, 3.8) is 0 Å². The highest BCUT2D eigenvalue weighted by Crippen LogP contribution is 1.90. The van der Waals surface area contributed by atoms with E-state index in [1.54, 1.807) is 0 Å². The van der Waals surface area contributed by atoms with Gasteiger partial charge in [-0.15, -0.1) is 0 Å². The van der Waals surface area contributed by atoms with Crippen LogP contribution in [0.4, 0.5) is 0 Å². The van der Waals surface area contributed by atoms with Crippen LogP contribution in [-0.2, 0) is 28.8 Å². The second kappa shape index (κ2) is 15.0. The zero-order chi connectivity index (χ0) is 21.4. The Hall–Kier alpha value is -3.52. The van der Waals surface area contributed by atoms with E-state index in [4.69, 9.17) is 40.9 Å². The lowest BCUT2D eigenvalue weighted by Gasteiger charge is -1.97. The molecular weight excluding hydrogens is 368 g/mol. The molecule has 0 saturated carbocycles. The third kappa shape index (κ3) is 25.4. The van der Waals surface area contributed by atoms with Crippen molar-refractivity contribution in [2.45, 2.75) is 25.0 Å². The van der Waals surface area contributed by atoms with Crippen molar-refractivity contribution < 1.29 is 69.6 Å². The van der Waals surface area contributed by atoms with Crippen molar-refractivity contribution >= 4 is 35.8 Å². The van der Waals surface area contributed by atoms with Crippen LogP contribution < -0.4 is 0 Å². The largest absolute Gasteiger partial charge is 0.481 e. The molecule has 0 radical (unpaired) electrons. The molecule has 0 saturated heterocycles. The van der Waals surface area contributed by atoms with Gasteiger partial charge in [-0.05, 0) is 0 Å². The quantitative estimate of drug-likeness (QED) is 0.201. The molecule has 26 heavy (non-hydrogen) atoms. The van der Waals surface area contributed by atoms with E-state index in [0.717, 1.165) is 0 Å². The SMILES string of the molecule is O=C(O)/C=C/C(=O)O.O=C(O)CC(O)C(=O)O.O=C(O)CC(O)C(=O)O. The van der Waals surface area contributed by atoms with Gasteiger partial charge in [-0.2, -0.15) is 0 Å². The van der Waals surface area contributed by atoms with Gasteiger partial charge in [-0.1, -0.05) is 0 Å². The van der Waals surface area contributed by atoms with E-state index in [1.807, 2.05) is 0 Å². The summed E-state index contributed by atoms with van der Waals surface area (Å²) in [5, 5.41) is 63.9. The molecule has 0 aliphatic carbocycles. The van der Waals surface area contributed by atoms with Crippen molar-refractivity contribution in [1.82, 2.24) is 0 Å². The van der Waals surface area contributed by atoms with E-state index in [2.05, 4.69) is 0 Å². The van der Waals surface area contributed by atoms with Crippen molar-refractivity contribution in [3.05, 3.63) is 12.2 Å². The first-order chi connectivity index (χ1) is 11.7. The molecule has 0 spiro atoms. The first-order valence-corrected chi connectivity index (χ1v) is 6.09. The van der Waals surface area contributed by atoms with E-state index in [9.17, 15) is 28.8 Å². The van der Waals surface area contributed by atoms with Crippen LogP contribution in [0.5, 0.6) is 0 Å². The van der Waals surface area contributed by atoms with E-state index < -0.39 is 60.9 Å². The molecule has 0 aromatic carbocycles. The maximum Gasteiger partial charge on any atom is 0.333 e. The number of carboxylic acids is 6.